The first-order valence-corrected chi connectivity index (χ1v) is 4.34. The molecule has 0 saturated carbocycles. The van der Waals surface area contributed by atoms with Gasteiger partial charge >= 0.3 is 0 Å². The Hall–Kier alpha value is -0.120. The van der Waals surface area contributed by atoms with E-state index in [1.807, 2.05) is 0 Å². The van der Waals surface area contributed by atoms with Gasteiger partial charge in [0.1, 0.15) is 0 Å². The van der Waals surface area contributed by atoms with Crippen LogP contribution in [0.15, 0.2) is 0 Å². The molecule has 1 heterocycles. The quantitative estimate of drug-likeness (QED) is 0.554. The van der Waals surface area contributed by atoms with Crippen LogP contribution in [0.4, 0.5) is 0 Å². The highest BCUT2D eigenvalue weighted by Crippen LogP contribution is 2.30. The molecular formula is C9H22N2O. The molecule has 74 valence electrons. The van der Waals surface area contributed by atoms with Crippen molar-refractivity contribution < 1.29 is 5.48 Å². The Labute approximate surface area is 75.0 Å². The summed E-state index contributed by atoms with van der Waals surface area (Å²) >= 11 is 0. The van der Waals surface area contributed by atoms with Crippen molar-refractivity contribution in [3.05, 3.63) is 0 Å². The first kappa shape index (κ1) is 11.9. The van der Waals surface area contributed by atoms with E-state index in [0.29, 0.717) is 5.41 Å². The third kappa shape index (κ3) is 2.44. The molecule has 0 radical (unpaired) electrons. The Bertz CT molecular complexity index is 155. The topological polar surface area (TPSA) is 69.5 Å². The fourth-order valence-electron chi connectivity index (χ4n) is 1.52. The van der Waals surface area contributed by atoms with E-state index in [9.17, 15) is 0 Å². The number of rotatable bonds is 0. The zero-order chi connectivity index (χ0) is 8.70. The first-order valence-electron chi connectivity index (χ1n) is 4.34. The Kier molecular flexibility index (Phi) is 3.29. The highest BCUT2D eigenvalue weighted by atomic mass is 16.0. The van der Waals surface area contributed by atoms with Gasteiger partial charge in [-0.25, -0.2) is 0 Å². The average Bonchev–Trinajstić information content (AvgIpc) is 1.81. The van der Waals surface area contributed by atoms with Gasteiger partial charge in [0.2, 0.25) is 0 Å². The summed E-state index contributed by atoms with van der Waals surface area (Å²) in [5.41, 5.74) is 6.52. The lowest BCUT2D eigenvalue weighted by Gasteiger charge is -2.45. The second-order valence-electron chi connectivity index (χ2n) is 5.05. The van der Waals surface area contributed by atoms with E-state index in [0.717, 1.165) is 13.0 Å². The third-order valence-electron chi connectivity index (χ3n) is 2.72. The maximum absolute atomic E-state index is 6.03. The second kappa shape index (κ2) is 3.32. The Morgan fingerprint density at radius 3 is 2.08 bits per heavy atom. The molecule has 0 aliphatic carbocycles. The lowest BCUT2D eigenvalue weighted by molar-refractivity contribution is 0.147. The molecule has 0 amide bonds. The summed E-state index contributed by atoms with van der Waals surface area (Å²) in [6, 6.07) is 0.284. The molecule has 1 unspecified atom stereocenters. The van der Waals surface area contributed by atoms with Crippen LogP contribution < -0.4 is 11.1 Å². The van der Waals surface area contributed by atoms with Gasteiger partial charge in [-0.05, 0) is 25.7 Å². The number of piperidine rings is 1. The van der Waals surface area contributed by atoms with Crippen molar-refractivity contribution in [3.63, 3.8) is 0 Å². The molecule has 1 fully saturated rings. The summed E-state index contributed by atoms with van der Waals surface area (Å²) in [4.78, 5) is 0. The van der Waals surface area contributed by atoms with E-state index in [2.05, 4.69) is 33.0 Å². The van der Waals surface area contributed by atoms with Crippen LogP contribution in [0.3, 0.4) is 0 Å². The van der Waals surface area contributed by atoms with Crippen LogP contribution in [-0.2, 0) is 0 Å². The van der Waals surface area contributed by atoms with Crippen LogP contribution in [0.25, 0.3) is 0 Å². The largest absolute Gasteiger partial charge is 0.412 e. The van der Waals surface area contributed by atoms with Gasteiger partial charge in [0.25, 0.3) is 0 Å². The average molecular weight is 174 g/mol. The molecule has 5 N–H and O–H groups in total. The van der Waals surface area contributed by atoms with E-state index in [-0.39, 0.29) is 17.1 Å². The Morgan fingerprint density at radius 1 is 1.25 bits per heavy atom. The summed E-state index contributed by atoms with van der Waals surface area (Å²) < 4.78 is 0. The summed E-state index contributed by atoms with van der Waals surface area (Å²) in [5.74, 6) is 0. The van der Waals surface area contributed by atoms with Crippen molar-refractivity contribution in [2.24, 2.45) is 11.1 Å². The molecule has 12 heavy (non-hydrogen) atoms. The van der Waals surface area contributed by atoms with Crippen LogP contribution in [0.5, 0.6) is 0 Å². The third-order valence-corrected chi connectivity index (χ3v) is 2.72. The maximum Gasteiger partial charge on any atom is 0.0276 e. The van der Waals surface area contributed by atoms with Gasteiger partial charge < -0.3 is 16.5 Å². The van der Waals surface area contributed by atoms with Crippen LogP contribution in [0.2, 0.25) is 0 Å². The van der Waals surface area contributed by atoms with Crippen LogP contribution in [0, 0.1) is 5.41 Å². The second-order valence-corrected chi connectivity index (χ2v) is 5.05. The van der Waals surface area contributed by atoms with Crippen molar-refractivity contribution in [3.8, 4) is 0 Å². The SMILES string of the molecule is CC1(C)CNC(C)(C)C(N)C1.O. The molecule has 3 nitrogen and oxygen atoms in total. The lowest BCUT2D eigenvalue weighted by atomic mass is 9.75. The lowest BCUT2D eigenvalue weighted by Crippen LogP contribution is -2.61. The maximum atomic E-state index is 6.03. The van der Waals surface area contributed by atoms with Gasteiger partial charge in [0.15, 0.2) is 0 Å². The van der Waals surface area contributed by atoms with E-state index in [4.69, 9.17) is 5.73 Å². The monoisotopic (exact) mass is 174 g/mol. The summed E-state index contributed by atoms with van der Waals surface area (Å²) in [6.07, 6.45) is 1.12. The van der Waals surface area contributed by atoms with Crippen molar-refractivity contribution in [2.75, 3.05) is 6.54 Å². The summed E-state index contributed by atoms with van der Waals surface area (Å²) in [6.45, 7) is 9.94. The van der Waals surface area contributed by atoms with Gasteiger partial charge in [-0.3, -0.25) is 0 Å². The fourth-order valence-corrected chi connectivity index (χ4v) is 1.52. The molecule has 1 saturated heterocycles. The van der Waals surface area contributed by atoms with Crippen molar-refractivity contribution in [2.45, 2.75) is 45.7 Å². The normalized spacial score (nSPS) is 32.2. The standard InChI is InChI=1S/C9H20N2.H2O/c1-8(2)5-7(10)9(3,4)11-6-8;/h7,11H,5-6,10H2,1-4H3;1H2. The first-order chi connectivity index (χ1) is 4.83. The molecule has 0 spiro atoms. The van der Waals surface area contributed by atoms with Gasteiger partial charge in [0, 0.05) is 18.1 Å². The zero-order valence-corrected chi connectivity index (χ0v) is 8.57. The molecule has 0 aromatic carbocycles. The Balaban J connectivity index is 0.00000121. The van der Waals surface area contributed by atoms with Crippen LogP contribution in [-0.4, -0.2) is 23.6 Å². The van der Waals surface area contributed by atoms with Crippen LogP contribution >= 0.6 is 0 Å². The van der Waals surface area contributed by atoms with Crippen molar-refractivity contribution in [1.82, 2.24) is 5.32 Å². The molecular weight excluding hydrogens is 152 g/mol. The highest BCUT2D eigenvalue weighted by Gasteiger charge is 2.37. The van der Waals surface area contributed by atoms with Crippen molar-refractivity contribution >= 4 is 0 Å². The predicted molar refractivity (Wildman–Crippen MR) is 52.1 cm³/mol. The molecule has 1 aliphatic heterocycles. The van der Waals surface area contributed by atoms with E-state index >= 15 is 0 Å². The number of hydrogen-bond acceptors (Lipinski definition) is 2. The number of nitrogens with two attached hydrogens (primary N) is 1. The molecule has 1 atom stereocenters. The molecule has 0 aromatic heterocycles. The van der Waals surface area contributed by atoms with Gasteiger partial charge in [-0.2, -0.15) is 0 Å². The molecule has 0 bridgehead atoms. The minimum atomic E-state index is 0. The number of nitrogens with one attached hydrogen (secondary N) is 1. The summed E-state index contributed by atoms with van der Waals surface area (Å²) in [5, 5.41) is 3.47. The minimum absolute atomic E-state index is 0. The number of hydrogen-bond donors (Lipinski definition) is 2. The zero-order valence-electron chi connectivity index (χ0n) is 8.57. The molecule has 0 aromatic rings. The van der Waals surface area contributed by atoms with Gasteiger partial charge in [-0.15, -0.1) is 0 Å². The minimum Gasteiger partial charge on any atom is -0.412 e. The van der Waals surface area contributed by atoms with Gasteiger partial charge in [-0.1, -0.05) is 13.8 Å². The molecule has 1 aliphatic rings. The molecule has 1 rings (SSSR count). The van der Waals surface area contributed by atoms with E-state index in [1.54, 1.807) is 0 Å². The van der Waals surface area contributed by atoms with Crippen molar-refractivity contribution in [1.29, 1.82) is 0 Å². The summed E-state index contributed by atoms with van der Waals surface area (Å²) in [7, 11) is 0. The van der Waals surface area contributed by atoms with Crippen LogP contribution in [0.1, 0.15) is 34.1 Å². The van der Waals surface area contributed by atoms with E-state index < -0.39 is 0 Å². The Morgan fingerprint density at radius 2 is 1.75 bits per heavy atom. The predicted octanol–water partition coefficient (Wildman–Crippen LogP) is 0.287. The molecule has 3 heteroatoms. The van der Waals surface area contributed by atoms with Gasteiger partial charge in [0.05, 0.1) is 0 Å². The van der Waals surface area contributed by atoms with E-state index in [1.165, 1.54) is 0 Å². The highest BCUT2D eigenvalue weighted by molar-refractivity contribution is 4.98. The smallest absolute Gasteiger partial charge is 0.0276 e. The fraction of sp³-hybridized carbons (Fsp3) is 1.00.